The lowest BCUT2D eigenvalue weighted by molar-refractivity contribution is -0.919. The van der Waals surface area contributed by atoms with Gasteiger partial charge in [-0.3, -0.25) is 4.79 Å². The van der Waals surface area contributed by atoms with Crippen LogP contribution < -0.4 is 10.2 Å². The predicted octanol–water partition coefficient (Wildman–Crippen LogP) is 2.11. The maximum absolute atomic E-state index is 12.3. The first-order chi connectivity index (χ1) is 10.6. The Morgan fingerprint density at radius 2 is 2.23 bits per heavy atom. The lowest BCUT2D eigenvalue weighted by Gasteiger charge is -2.31. The second kappa shape index (κ2) is 6.94. The highest BCUT2D eigenvalue weighted by Crippen LogP contribution is 2.31. The van der Waals surface area contributed by atoms with Crippen molar-refractivity contribution >= 4 is 28.6 Å². The second-order valence-corrected chi connectivity index (χ2v) is 8.26. The Bertz CT molecular complexity index is 618. The average molecular weight is 336 g/mol. The summed E-state index contributed by atoms with van der Waals surface area (Å²) in [6, 6.07) is 6.88. The molecule has 1 aliphatic rings. The SMILES string of the molecule is CC(C)CNC(=O)C[NH+]1CCc2sccc2[C@H]1c1cccs1. The summed E-state index contributed by atoms with van der Waals surface area (Å²) in [7, 11) is 0. The van der Waals surface area contributed by atoms with E-state index in [4.69, 9.17) is 0 Å². The van der Waals surface area contributed by atoms with Gasteiger partial charge in [0.1, 0.15) is 6.04 Å². The van der Waals surface area contributed by atoms with Crippen LogP contribution in [0.4, 0.5) is 0 Å². The number of carbonyl (C=O) groups is 1. The molecule has 0 saturated heterocycles. The number of carbonyl (C=O) groups excluding carboxylic acids is 1. The van der Waals surface area contributed by atoms with Crippen molar-refractivity contribution < 1.29 is 9.69 Å². The van der Waals surface area contributed by atoms with Crippen molar-refractivity contribution in [2.24, 2.45) is 5.92 Å². The van der Waals surface area contributed by atoms with Crippen molar-refractivity contribution in [3.63, 3.8) is 0 Å². The summed E-state index contributed by atoms with van der Waals surface area (Å²) in [4.78, 5) is 16.5. The zero-order valence-corrected chi connectivity index (χ0v) is 14.7. The topological polar surface area (TPSA) is 33.5 Å². The highest BCUT2D eigenvalue weighted by molar-refractivity contribution is 7.10. The fraction of sp³-hybridized carbons (Fsp3) is 0.471. The predicted molar refractivity (Wildman–Crippen MR) is 92.7 cm³/mol. The number of hydrogen-bond donors (Lipinski definition) is 2. The summed E-state index contributed by atoms with van der Waals surface area (Å²) in [5.74, 6) is 0.667. The Labute approximate surface area is 140 Å². The summed E-state index contributed by atoms with van der Waals surface area (Å²) < 4.78 is 0. The van der Waals surface area contributed by atoms with Crippen molar-refractivity contribution in [3.8, 4) is 0 Å². The number of amides is 1. The molecule has 2 aromatic heterocycles. The molecule has 1 amide bonds. The van der Waals surface area contributed by atoms with Gasteiger partial charge in [0.05, 0.1) is 11.4 Å². The summed E-state index contributed by atoms with van der Waals surface area (Å²) in [5, 5.41) is 7.38. The molecule has 3 rings (SSSR count). The van der Waals surface area contributed by atoms with Crippen molar-refractivity contribution in [3.05, 3.63) is 44.3 Å². The summed E-state index contributed by atoms with van der Waals surface area (Å²) >= 11 is 3.65. The third kappa shape index (κ3) is 3.42. The van der Waals surface area contributed by atoms with Gasteiger partial charge in [0.2, 0.25) is 0 Å². The largest absolute Gasteiger partial charge is 0.351 e. The van der Waals surface area contributed by atoms with Crippen LogP contribution in [0.15, 0.2) is 29.0 Å². The quantitative estimate of drug-likeness (QED) is 0.862. The molecule has 0 bridgehead atoms. The fourth-order valence-electron chi connectivity index (χ4n) is 3.04. The molecule has 0 aliphatic carbocycles. The molecule has 2 N–H and O–H groups in total. The van der Waals surface area contributed by atoms with Gasteiger partial charge in [0.25, 0.3) is 5.91 Å². The minimum Gasteiger partial charge on any atom is -0.351 e. The lowest BCUT2D eigenvalue weighted by Crippen LogP contribution is -3.14. The molecule has 0 radical (unpaired) electrons. The summed E-state index contributed by atoms with van der Waals surface area (Å²) in [6.07, 6.45) is 1.08. The Kier molecular flexibility index (Phi) is 4.96. The van der Waals surface area contributed by atoms with Gasteiger partial charge in [-0.05, 0) is 28.8 Å². The Balaban J connectivity index is 1.77. The highest BCUT2D eigenvalue weighted by Gasteiger charge is 2.34. The summed E-state index contributed by atoms with van der Waals surface area (Å²) in [5.41, 5.74) is 1.42. The number of hydrogen-bond acceptors (Lipinski definition) is 3. The molecule has 0 saturated carbocycles. The molecule has 22 heavy (non-hydrogen) atoms. The number of fused-ring (bicyclic) bond motifs is 1. The number of thiophene rings is 2. The standard InChI is InChI=1S/C17H22N2OS2/c1-12(2)10-18-16(20)11-19-7-5-14-13(6-9-22-14)17(19)15-4-3-8-21-15/h3-4,6,8-9,12,17H,5,7,10-11H2,1-2H3,(H,18,20)/p+1/t17-/m0/s1. The molecular formula is C17H23N2OS2+. The van der Waals surface area contributed by atoms with Crippen LogP contribution in [0.2, 0.25) is 0 Å². The second-order valence-electron chi connectivity index (χ2n) is 6.28. The minimum atomic E-state index is 0.170. The molecule has 2 atom stereocenters. The number of rotatable bonds is 5. The normalized spacial score (nSPS) is 20.9. The third-order valence-corrected chi connectivity index (χ3v) is 6.03. The van der Waals surface area contributed by atoms with Gasteiger partial charge in [0, 0.05) is 23.4 Å². The molecule has 118 valence electrons. The minimum absolute atomic E-state index is 0.170. The van der Waals surface area contributed by atoms with Crippen LogP contribution in [0.1, 0.15) is 35.2 Å². The molecule has 3 heterocycles. The van der Waals surface area contributed by atoms with Crippen molar-refractivity contribution in [2.45, 2.75) is 26.3 Å². The molecule has 0 aromatic carbocycles. The van der Waals surface area contributed by atoms with Crippen LogP contribution in [-0.4, -0.2) is 25.5 Å². The first-order valence-corrected chi connectivity index (χ1v) is 9.62. The van der Waals surface area contributed by atoms with Gasteiger partial charge in [-0.25, -0.2) is 0 Å². The maximum Gasteiger partial charge on any atom is 0.275 e. The van der Waals surface area contributed by atoms with Crippen molar-refractivity contribution in [1.29, 1.82) is 0 Å². The molecule has 0 spiro atoms. The van der Waals surface area contributed by atoms with Crippen molar-refractivity contribution in [1.82, 2.24) is 5.32 Å². The molecule has 5 heteroatoms. The van der Waals surface area contributed by atoms with Gasteiger partial charge in [-0.2, -0.15) is 0 Å². The number of nitrogens with one attached hydrogen (secondary N) is 2. The average Bonchev–Trinajstić information content (AvgIpc) is 3.15. The molecular weight excluding hydrogens is 312 g/mol. The zero-order chi connectivity index (χ0) is 15.5. The third-order valence-electron chi connectivity index (χ3n) is 4.10. The Hall–Kier alpha value is -1.17. The van der Waals surface area contributed by atoms with Crippen LogP contribution in [0.25, 0.3) is 0 Å². The van der Waals surface area contributed by atoms with Crippen LogP contribution in [0, 0.1) is 5.92 Å². The van der Waals surface area contributed by atoms with E-state index in [1.807, 2.05) is 11.3 Å². The van der Waals surface area contributed by atoms with E-state index in [-0.39, 0.29) is 5.91 Å². The van der Waals surface area contributed by atoms with E-state index < -0.39 is 0 Å². The van der Waals surface area contributed by atoms with Crippen LogP contribution >= 0.6 is 22.7 Å². The monoisotopic (exact) mass is 335 g/mol. The van der Waals surface area contributed by atoms with Gasteiger partial charge < -0.3 is 10.2 Å². The van der Waals surface area contributed by atoms with E-state index in [9.17, 15) is 4.79 Å². The van der Waals surface area contributed by atoms with Gasteiger partial charge in [-0.1, -0.05) is 19.9 Å². The van der Waals surface area contributed by atoms with Gasteiger partial charge >= 0.3 is 0 Å². The van der Waals surface area contributed by atoms with E-state index in [0.29, 0.717) is 18.5 Å². The van der Waals surface area contributed by atoms with Crippen molar-refractivity contribution in [2.75, 3.05) is 19.6 Å². The molecule has 3 nitrogen and oxygen atoms in total. The Morgan fingerprint density at radius 3 is 2.95 bits per heavy atom. The van der Waals surface area contributed by atoms with E-state index in [1.54, 1.807) is 11.3 Å². The van der Waals surface area contributed by atoms with E-state index in [0.717, 1.165) is 19.5 Å². The van der Waals surface area contributed by atoms with Crippen LogP contribution in [0.5, 0.6) is 0 Å². The molecule has 2 aromatic rings. The number of quaternary nitrogens is 1. The first kappa shape index (κ1) is 15.7. The Morgan fingerprint density at radius 1 is 1.36 bits per heavy atom. The lowest BCUT2D eigenvalue weighted by atomic mass is 9.98. The molecule has 0 fully saturated rings. The van der Waals surface area contributed by atoms with Gasteiger partial charge in [-0.15, -0.1) is 22.7 Å². The van der Waals surface area contributed by atoms with E-state index in [1.165, 1.54) is 20.2 Å². The molecule has 1 unspecified atom stereocenters. The van der Waals surface area contributed by atoms with E-state index in [2.05, 4.69) is 48.1 Å². The summed E-state index contributed by atoms with van der Waals surface area (Å²) in [6.45, 7) is 6.61. The highest BCUT2D eigenvalue weighted by atomic mass is 32.1. The first-order valence-electron chi connectivity index (χ1n) is 7.86. The maximum atomic E-state index is 12.3. The van der Waals surface area contributed by atoms with E-state index >= 15 is 0 Å². The van der Waals surface area contributed by atoms with Crippen LogP contribution in [-0.2, 0) is 11.2 Å². The smallest absolute Gasteiger partial charge is 0.275 e. The van der Waals surface area contributed by atoms with Gasteiger partial charge in [0.15, 0.2) is 6.54 Å². The zero-order valence-electron chi connectivity index (χ0n) is 13.1. The fourth-order valence-corrected chi connectivity index (χ4v) is 4.86. The molecule has 1 aliphatic heterocycles. The van der Waals surface area contributed by atoms with Crippen LogP contribution in [0.3, 0.4) is 0 Å².